The third kappa shape index (κ3) is 3.49. The van der Waals surface area contributed by atoms with Gasteiger partial charge in [-0.2, -0.15) is 8.42 Å². The summed E-state index contributed by atoms with van der Waals surface area (Å²) in [6.07, 6.45) is 0.390. The van der Waals surface area contributed by atoms with Crippen molar-refractivity contribution >= 4 is 22.0 Å². The molecule has 3 rings (SSSR count). The molecule has 8 heteroatoms. The zero-order valence-corrected chi connectivity index (χ0v) is 15.7. The summed E-state index contributed by atoms with van der Waals surface area (Å²) in [4.78, 5) is 16.0. The molecular formula is C17H23N3O4S. The second-order valence-corrected chi connectivity index (χ2v) is 8.94. The average molecular weight is 365 g/mol. The Labute approximate surface area is 148 Å². The number of sulfonamides is 1. The van der Waals surface area contributed by atoms with Crippen LogP contribution in [0.5, 0.6) is 0 Å². The van der Waals surface area contributed by atoms with E-state index in [0.717, 1.165) is 6.42 Å². The van der Waals surface area contributed by atoms with Crippen LogP contribution in [0.3, 0.4) is 0 Å². The van der Waals surface area contributed by atoms with Gasteiger partial charge in [0.2, 0.25) is 0 Å². The van der Waals surface area contributed by atoms with Gasteiger partial charge in [-0.25, -0.2) is 4.79 Å². The first-order valence-electron chi connectivity index (χ1n) is 8.23. The van der Waals surface area contributed by atoms with Gasteiger partial charge in [0.05, 0.1) is 0 Å². The molecular weight excluding hydrogens is 342 g/mol. The summed E-state index contributed by atoms with van der Waals surface area (Å²) in [7, 11) is -1.82. The van der Waals surface area contributed by atoms with Gasteiger partial charge in [0.25, 0.3) is 10.0 Å². The van der Waals surface area contributed by atoms with Crippen LogP contribution in [0.25, 0.3) is 0 Å². The number of hydrogen-bond donors (Lipinski definition) is 0. The highest BCUT2D eigenvalue weighted by molar-refractivity contribution is 7.90. The molecule has 7 nitrogen and oxygen atoms in total. The Morgan fingerprint density at radius 3 is 2.68 bits per heavy atom. The Morgan fingerprint density at radius 1 is 1.32 bits per heavy atom. The number of likely N-dealkylation sites (N-methyl/N-ethyl adjacent to an activating group) is 1. The lowest BCUT2D eigenvalue weighted by Gasteiger charge is -2.27. The monoisotopic (exact) mass is 365 g/mol. The maximum atomic E-state index is 12.2. The van der Waals surface area contributed by atoms with Crippen molar-refractivity contribution in [3.8, 4) is 0 Å². The number of carbonyl (C=O) groups excluding carboxylic acids is 1. The van der Waals surface area contributed by atoms with Crippen LogP contribution in [0.1, 0.15) is 32.8 Å². The molecule has 2 heterocycles. The fourth-order valence-electron chi connectivity index (χ4n) is 3.07. The molecule has 1 fully saturated rings. The van der Waals surface area contributed by atoms with Crippen molar-refractivity contribution in [2.45, 2.75) is 43.7 Å². The zero-order chi connectivity index (χ0) is 18.4. The zero-order valence-electron chi connectivity index (χ0n) is 14.9. The molecule has 0 saturated carbocycles. The van der Waals surface area contributed by atoms with Crippen molar-refractivity contribution in [1.82, 2.24) is 9.80 Å². The summed E-state index contributed by atoms with van der Waals surface area (Å²) in [6, 6.07) is 6.80. The van der Waals surface area contributed by atoms with Crippen LogP contribution in [-0.4, -0.2) is 61.9 Å². The van der Waals surface area contributed by atoms with Gasteiger partial charge in [0.1, 0.15) is 10.5 Å². The van der Waals surface area contributed by atoms with E-state index in [1.807, 2.05) is 32.7 Å². The lowest BCUT2D eigenvalue weighted by molar-refractivity contribution is 0.0287. The minimum atomic E-state index is -3.64. The Hall–Kier alpha value is -2.09. The van der Waals surface area contributed by atoms with Crippen LogP contribution in [0.2, 0.25) is 0 Å². The van der Waals surface area contributed by atoms with Crippen LogP contribution >= 0.6 is 0 Å². The van der Waals surface area contributed by atoms with Crippen molar-refractivity contribution in [3.05, 3.63) is 29.8 Å². The van der Waals surface area contributed by atoms with Crippen LogP contribution in [-0.2, 0) is 14.8 Å². The van der Waals surface area contributed by atoms with E-state index < -0.39 is 15.6 Å². The van der Waals surface area contributed by atoms with Gasteiger partial charge in [0.15, 0.2) is 5.84 Å². The Morgan fingerprint density at radius 2 is 2.00 bits per heavy atom. The third-order valence-electron chi connectivity index (χ3n) is 4.31. The van der Waals surface area contributed by atoms with Crippen molar-refractivity contribution in [1.29, 1.82) is 0 Å². The number of ether oxygens (including phenoxy) is 1. The van der Waals surface area contributed by atoms with Crippen LogP contribution < -0.4 is 0 Å². The number of carbonyl (C=O) groups is 1. The minimum absolute atomic E-state index is 0.00683. The molecule has 0 spiro atoms. The summed E-state index contributed by atoms with van der Waals surface area (Å²) >= 11 is 0. The Balaban J connectivity index is 1.76. The van der Waals surface area contributed by atoms with Gasteiger partial charge in [-0.15, -0.1) is 4.40 Å². The highest BCUT2D eigenvalue weighted by Gasteiger charge is 2.37. The molecule has 25 heavy (non-hydrogen) atoms. The SMILES string of the molecule is CN(C1=NS(=O)(=O)c2ccccc21)C1CCN(C(=O)OC(C)(C)C)C1. The van der Waals surface area contributed by atoms with Gasteiger partial charge in [-0.3, -0.25) is 0 Å². The van der Waals surface area contributed by atoms with E-state index in [1.54, 1.807) is 29.2 Å². The highest BCUT2D eigenvalue weighted by atomic mass is 32.2. The standard InChI is InChI=1S/C17H23N3O4S/c1-17(2,3)24-16(21)20-10-9-12(11-20)19(4)15-13-7-5-6-8-14(13)25(22,23)18-15/h5-8,12H,9-11H2,1-4H3. The van der Waals surface area contributed by atoms with E-state index in [2.05, 4.69) is 4.40 Å². The molecule has 1 unspecified atom stereocenters. The number of fused-ring (bicyclic) bond motifs is 1. The smallest absolute Gasteiger partial charge is 0.410 e. The number of likely N-dealkylation sites (tertiary alicyclic amines) is 1. The van der Waals surface area contributed by atoms with E-state index in [1.165, 1.54) is 0 Å². The summed E-state index contributed by atoms with van der Waals surface area (Å²) in [6.45, 7) is 6.55. The number of hydrogen-bond acceptors (Lipinski definition) is 5. The molecule has 0 radical (unpaired) electrons. The van der Waals surface area contributed by atoms with Gasteiger partial charge >= 0.3 is 6.09 Å². The molecule has 1 amide bonds. The van der Waals surface area contributed by atoms with Gasteiger partial charge in [-0.05, 0) is 39.3 Å². The van der Waals surface area contributed by atoms with Crippen molar-refractivity contribution in [2.24, 2.45) is 4.40 Å². The first-order valence-corrected chi connectivity index (χ1v) is 9.68. The molecule has 0 aliphatic carbocycles. The Bertz CT molecular complexity index is 827. The number of benzene rings is 1. The van der Waals surface area contributed by atoms with E-state index in [4.69, 9.17) is 4.74 Å². The highest BCUT2D eigenvalue weighted by Crippen LogP contribution is 2.29. The predicted molar refractivity (Wildman–Crippen MR) is 94.1 cm³/mol. The lowest BCUT2D eigenvalue weighted by atomic mass is 10.1. The topological polar surface area (TPSA) is 79.3 Å². The van der Waals surface area contributed by atoms with Gasteiger partial charge < -0.3 is 14.5 Å². The second-order valence-electron chi connectivity index (χ2n) is 7.37. The van der Waals surface area contributed by atoms with Gasteiger partial charge in [-0.1, -0.05) is 12.1 Å². The molecule has 2 aliphatic heterocycles. The van der Waals surface area contributed by atoms with E-state index in [0.29, 0.717) is 24.5 Å². The number of amides is 1. The van der Waals surface area contributed by atoms with Crippen LogP contribution in [0.15, 0.2) is 33.6 Å². The number of rotatable bonds is 1. The molecule has 0 aromatic heterocycles. The van der Waals surface area contributed by atoms with E-state index >= 15 is 0 Å². The fraction of sp³-hybridized carbons (Fsp3) is 0.529. The largest absolute Gasteiger partial charge is 0.444 e. The molecule has 1 aromatic rings. The van der Waals surface area contributed by atoms with E-state index in [-0.39, 0.29) is 17.0 Å². The first-order chi connectivity index (χ1) is 11.6. The molecule has 0 bridgehead atoms. The lowest BCUT2D eigenvalue weighted by Crippen LogP contribution is -2.41. The summed E-state index contributed by atoms with van der Waals surface area (Å²) < 4.78 is 33.8. The van der Waals surface area contributed by atoms with Crippen molar-refractivity contribution in [2.75, 3.05) is 20.1 Å². The third-order valence-corrected chi connectivity index (χ3v) is 5.63. The fourth-order valence-corrected chi connectivity index (χ4v) is 4.31. The summed E-state index contributed by atoms with van der Waals surface area (Å²) in [5.41, 5.74) is 0.0737. The molecule has 2 aliphatic rings. The number of amidine groups is 1. The maximum absolute atomic E-state index is 12.2. The second kappa shape index (κ2) is 6.01. The normalized spacial score (nSPS) is 21.7. The van der Waals surface area contributed by atoms with Crippen LogP contribution in [0.4, 0.5) is 4.79 Å². The Kier molecular flexibility index (Phi) is 4.26. The summed E-state index contributed by atoms with van der Waals surface area (Å²) in [5, 5.41) is 0. The maximum Gasteiger partial charge on any atom is 0.410 e. The number of nitrogens with zero attached hydrogens (tertiary/aromatic N) is 3. The van der Waals surface area contributed by atoms with Crippen LogP contribution in [0, 0.1) is 0 Å². The predicted octanol–water partition coefficient (Wildman–Crippen LogP) is 2.08. The molecule has 0 N–H and O–H groups in total. The van der Waals surface area contributed by atoms with Crippen molar-refractivity contribution < 1.29 is 17.9 Å². The van der Waals surface area contributed by atoms with Gasteiger partial charge in [0, 0.05) is 31.7 Å². The molecule has 1 atom stereocenters. The van der Waals surface area contributed by atoms with Crippen molar-refractivity contribution in [3.63, 3.8) is 0 Å². The van der Waals surface area contributed by atoms with E-state index in [9.17, 15) is 13.2 Å². The average Bonchev–Trinajstić information content (AvgIpc) is 3.09. The summed E-state index contributed by atoms with van der Waals surface area (Å²) in [5.74, 6) is 0.437. The molecule has 1 aromatic carbocycles. The first kappa shape index (κ1) is 17.7. The quantitative estimate of drug-likeness (QED) is 0.761. The molecule has 136 valence electrons. The minimum Gasteiger partial charge on any atom is -0.444 e. The molecule has 1 saturated heterocycles.